The quantitative estimate of drug-likeness (QED) is 0.725. The van der Waals surface area contributed by atoms with E-state index >= 15 is 0 Å². The van der Waals surface area contributed by atoms with Crippen molar-refractivity contribution in [3.63, 3.8) is 0 Å². The molecule has 0 bridgehead atoms. The summed E-state index contributed by atoms with van der Waals surface area (Å²) in [5.41, 5.74) is 6.66. The van der Waals surface area contributed by atoms with Crippen molar-refractivity contribution in [3.05, 3.63) is 71.9 Å². The van der Waals surface area contributed by atoms with Crippen LogP contribution in [0.1, 0.15) is 43.0 Å². The smallest absolute Gasteiger partial charge is 0.234 e. The molecule has 1 atom stereocenters. The van der Waals surface area contributed by atoms with E-state index in [9.17, 15) is 4.79 Å². The average molecular weight is 407 g/mol. The van der Waals surface area contributed by atoms with Gasteiger partial charge in [-0.3, -0.25) is 9.69 Å². The topological polar surface area (TPSA) is 85.3 Å². The maximum Gasteiger partial charge on any atom is 0.234 e. The number of piperidine rings is 1. The molecular weight excluding hydrogens is 376 g/mol. The van der Waals surface area contributed by atoms with E-state index in [0.29, 0.717) is 24.8 Å². The Morgan fingerprint density at radius 2 is 2.00 bits per heavy atom. The number of likely N-dealkylation sites (tertiary alicyclic amines) is 1. The largest absolute Gasteiger partial charge is 0.339 e. The number of nitrogens with two attached hydrogens (primary N) is 1. The van der Waals surface area contributed by atoms with Gasteiger partial charge >= 0.3 is 0 Å². The Balaban J connectivity index is 1.51. The van der Waals surface area contributed by atoms with Gasteiger partial charge in [-0.15, -0.1) is 0 Å². The summed E-state index contributed by atoms with van der Waals surface area (Å²) in [4.78, 5) is 19.2. The van der Waals surface area contributed by atoms with E-state index in [-0.39, 0.29) is 17.6 Å². The van der Waals surface area contributed by atoms with E-state index in [2.05, 4.69) is 64.7 Å². The van der Waals surface area contributed by atoms with Gasteiger partial charge in [-0.25, -0.2) is 0 Å². The highest BCUT2D eigenvalue weighted by Crippen LogP contribution is 2.44. The van der Waals surface area contributed by atoms with Crippen LogP contribution in [0.3, 0.4) is 0 Å². The van der Waals surface area contributed by atoms with Crippen molar-refractivity contribution in [2.24, 2.45) is 11.7 Å². The summed E-state index contributed by atoms with van der Waals surface area (Å²) in [6.07, 6.45) is 12.1. The summed E-state index contributed by atoms with van der Waals surface area (Å²) in [7, 11) is 0. The molecule has 1 fully saturated rings. The maximum absolute atomic E-state index is 12.0. The van der Waals surface area contributed by atoms with Gasteiger partial charge in [-0.05, 0) is 50.4 Å². The lowest BCUT2D eigenvalue weighted by molar-refractivity contribution is -0.118. The molecule has 4 rings (SSSR count). The summed E-state index contributed by atoms with van der Waals surface area (Å²) in [5, 5.41) is 4.36. The molecule has 30 heavy (non-hydrogen) atoms. The van der Waals surface area contributed by atoms with Gasteiger partial charge in [-0.2, -0.15) is 4.98 Å². The first-order valence-corrected chi connectivity index (χ1v) is 10.8. The van der Waals surface area contributed by atoms with Crippen molar-refractivity contribution in [2.75, 3.05) is 19.6 Å². The standard InChI is InChI=1S/C24H30N4O2/c25-14-11-21(29)17-22-26-23(27-30-22)24(20-9-5-2-6-10-20)12-15-28(16-13-24)18-19-7-3-1-4-8-19/h1-9,20H,10-18,25H2. The maximum atomic E-state index is 12.0. The van der Waals surface area contributed by atoms with Crippen LogP contribution in [0.15, 0.2) is 59.2 Å². The molecule has 1 aliphatic carbocycles. The van der Waals surface area contributed by atoms with Crippen molar-refractivity contribution >= 4 is 5.78 Å². The zero-order valence-electron chi connectivity index (χ0n) is 17.4. The van der Waals surface area contributed by atoms with E-state index in [1.807, 2.05) is 0 Å². The summed E-state index contributed by atoms with van der Waals surface area (Å²) in [5.74, 6) is 1.54. The van der Waals surface area contributed by atoms with Gasteiger partial charge in [0.15, 0.2) is 5.82 Å². The van der Waals surface area contributed by atoms with Gasteiger partial charge in [0.05, 0.1) is 6.42 Å². The van der Waals surface area contributed by atoms with Gasteiger partial charge in [0.2, 0.25) is 5.89 Å². The van der Waals surface area contributed by atoms with E-state index in [1.54, 1.807) is 0 Å². The lowest BCUT2D eigenvalue weighted by Crippen LogP contribution is -2.47. The second-order valence-corrected chi connectivity index (χ2v) is 8.34. The number of Topliss-reactive ketones (excluding diaryl/α,β-unsaturated/α-hetero) is 1. The first kappa shape index (κ1) is 20.7. The van der Waals surface area contributed by atoms with Crippen molar-refractivity contribution in [1.29, 1.82) is 0 Å². The Hall–Kier alpha value is -2.57. The molecule has 0 spiro atoms. The Bertz CT molecular complexity index is 895. The van der Waals surface area contributed by atoms with Crippen LogP contribution < -0.4 is 5.73 Å². The van der Waals surface area contributed by atoms with Crippen LogP contribution in [0, 0.1) is 5.92 Å². The highest BCUT2D eigenvalue weighted by Gasteiger charge is 2.45. The molecule has 1 saturated heterocycles. The number of allylic oxidation sites excluding steroid dienone is 4. The molecule has 0 radical (unpaired) electrons. The van der Waals surface area contributed by atoms with Crippen LogP contribution in [0.2, 0.25) is 0 Å². The Morgan fingerprint density at radius 3 is 2.70 bits per heavy atom. The average Bonchev–Trinajstić information content (AvgIpc) is 3.25. The van der Waals surface area contributed by atoms with E-state index in [4.69, 9.17) is 15.2 Å². The Labute approximate surface area is 177 Å². The van der Waals surface area contributed by atoms with Gasteiger partial charge in [0.1, 0.15) is 5.78 Å². The Kier molecular flexibility index (Phi) is 6.55. The Morgan fingerprint density at radius 1 is 1.20 bits per heavy atom. The number of nitrogens with zero attached hydrogens (tertiary/aromatic N) is 3. The van der Waals surface area contributed by atoms with Crippen LogP contribution in [-0.4, -0.2) is 40.5 Å². The fraction of sp³-hybridized carbons (Fsp3) is 0.458. The van der Waals surface area contributed by atoms with Crippen LogP contribution in [-0.2, 0) is 23.2 Å². The molecule has 1 unspecified atom stereocenters. The number of hydrogen-bond acceptors (Lipinski definition) is 6. The summed E-state index contributed by atoms with van der Waals surface area (Å²) in [6.45, 7) is 3.28. The SMILES string of the molecule is NCCC(=O)Cc1nc(C2(C3C=CC=CC3)CCN(Cc3ccccc3)CC2)no1. The third-order valence-electron chi connectivity index (χ3n) is 6.37. The molecule has 1 aromatic carbocycles. The van der Waals surface area contributed by atoms with Gasteiger partial charge < -0.3 is 10.3 Å². The molecule has 1 aliphatic heterocycles. The highest BCUT2D eigenvalue weighted by molar-refractivity contribution is 5.80. The van der Waals surface area contributed by atoms with Gasteiger partial charge in [0, 0.05) is 18.4 Å². The summed E-state index contributed by atoms with van der Waals surface area (Å²) >= 11 is 0. The van der Waals surface area contributed by atoms with E-state index < -0.39 is 0 Å². The number of benzene rings is 1. The fourth-order valence-electron chi connectivity index (χ4n) is 4.65. The van der Waals surface area contributed by atoms with Crippen molar-refractivity contribution in [1.82, 2.24) is 15.0 Å². The molecule has 1 aromatic heterocycles. The van der Waals surface area contributed by atoms with Crippen molar-refractivity contribution in [2.45, 2.75) is 44.1 Å². The molecule has 0 amide bonds. The number of rotatable bonds is 8. The van der Waals surface area contributed by atoms with Crippen LogP contribution >= 0.6 is 0 Å². The molecule has 2 aliphatic rings. The lowest BCUT2D eigenvalue weighted by atomic mass is 9.66. The normalized spacial score (nSPS) is 21.0. The number of hydrogen-bond donors (Lipinski definition) is 1. The zero-order chi connectivity index (χ0) is 20.8. The molecule has 2 N–H and O–H groups in total. The molecule has 2 aromatic rings. The monoisotopic (exact) mass is 406 g/mol. The van der Waals surface area contributed by atoms with Gasteiger partial charge in [-0.1, -0.05) is 59.8 Å². The summed E-state index contributed by atoms with van der Waals surface area (Å²) < 4.78 is 5.49. The number of ketones is 1. The van der Waals surface area contributed by atoms with Crippen molar-refractivity contribution in [3.8, 4) is 0 Å². The van der Waals surface area contributed by atoms with Crippen molar-refractivity contribution < 1.29 is 9.32 Å². The lowest BCUT2D eigenvalue weighted by Gasteiger charge is -2.44. The number of aromatic nitrogens is 2. The number of carbonyl (C=O) groups excluding carboxylic acids is 1. The first-order chi connectivity index (χ1) is 14.7. The first-order valence-electron chi connectivity index (χ1n) is 10.8. The predicted octanol–water partition coefficient (Wildman–Crippen LogP) is 3.20. The molecular formula is C24H30N4O2. The molecule has 0 saturated carbocycles. The van der Waals surface area contributed by atoms with E-state index in [1.165, 1.54) is 5.56 Å². The third-order valence-corrected chi connectivity index (χ3v) is 6.37. The van der Waals surface area contributed by atoms with Gasteiger partial charge in [0.25, 0.3) is 0 Å². The zero-order valence-corrected chi connectivity index (χ0v) is 17.4. The van der Waals surface area contributed by atoms with Crippen LogP contribution in [0.25, 0.3) is 0 Å². The minimum Gasteiger partial charge on any atom is -0.339 e. The van der Waals surface area contributed by atoms with E-state index in [0.717, 1.165) is 44.7 Å². The second-order valence-electron chi connectivity index (χ2n) is 8.34. The molecule has 2 heterocycles. The highest BCUT2D eigenvalue weighted by atomic mass is 16.5. The predicted molar refractivity (Wildman–Crippen MR) is 116 cm³/mol. The van der Waals surface area contributed by atoms with Crippen LogP contribution in [0.4, 0.5) is 0 Å². The minimum absolute atomic E-state index is 0.0416. The third kappa shape index (κ3) is 4.60. The second kappa shape index (κ2) is 9.49. The fourth-order valence-corrected chi connectivity index (χ4v) is 4.65. The molecule has 6 nitrogen and oxygen atoms in total. The van der Waals surface area contributed by atoms with Crippen LogP contribution in [0.5, 0.6) is 0 Å². The summed E-state index contributed by atoms with van der Waals surface area (Å²) in [6, 6.07) is 10.6. The number of carbonyl (C=O) groups is 1. The molecule has 6 heteroatoms. The minimum atomic E-state index is -0.160. The molecule has 158 valence electrons.